The van der Waals surface area contributed by atoms with Crippen molar-refractivity contribution in [2.75, 3.05) is 7.11 Å². The molecule has 0 radical (unpaired) electrons. The Labute approximate surface area is 121 Å². The van der Waals surface area contributed by atoms with Crippen molar-refractivity contribution >= 4 is 11.8 Å². The highest BCUT2D eigenvalue weighted by molar-refractivity contribution is 6.04. The third-order valence-corrected chi connectivity index (χ3v) is 3.94. The number of nitrogens with one attached hydrogen (secondary N) is 1. The molecule has 106 valence electrons. The van der Waals surface area contributed by atoms with Gasteiger partial charge in [-0.3, -0.25) is 14.9 Å². The van der Waals surface area contributed by atoms with Gasteiger partial charge in [-0.05, 0) is 17.7 Å². The van der Waals surface area contributed by atoms with Crippen molar-refractivity contribution in [3.8, 4) is 17.9 Å². The van der Waals surface area contributed by atoms with E-state index in [1.165, 1.54) is 7.11 Å². The Kier molecular flexibility index (Phi) is 3.64. The number of hydrogen-bond donors (Lipinski definition) is 1. The van der Waals surface area contributed by atoms with Crippen LogP contribution in [0.25, 0.3) is 0 Å². The van der Waals surface area contributed by atoms with Gasteiger partial charge in [0.25, 0.3) is 0 Å². The number of benzene rings is 1. The van der Waals surface area contributed by atoms with Crippen molar-refractivity contribution in [2.24, 2.45) is 11.8 Å². The summed E-state index contributed by atoms with van der Waals surface area (Å²) in [6, 6.07) is 10.5. The van der Waals surface area contributed by atoms with E-state index in [9.17, 15) is 20.1 Å². The smallest absolute Gasteiger partial charge is 0.244 e. The summed E-state index contributed by atoms with van der Waals surface area (Å²) in [6.45, 7) is 1.59. The van der Waals surface area contributed by atoms with Crippen LogP contribution in [0.5, 0.6) is 5.75 Å². The quantitative estimate of drug-likeness (QED) is 0.812. The fourth-order valence-electron chi connectivity index (χ4n) is 2.65. The largest absolute Gasteiger partial charge is 0.497 e. The minimum atomic E-state index is -1.20. The number of hydrogen-bond acceptors (Lipinski definition) is 5. The van der Waals surface area contributed by atoms with Gasteiger partial charge in [0.15, 0.2) is 0 Å². The molecule has 1 N–H and O–H groups in total. The second kappa shape index (κ2) is 5.26. The van der Waals surface area contributed by atoms with Gasteiger partial charge in [0.2, 0.25) is 11.8 Å². The number of imide groups is 1. The molecule has 0 aliphatic carbocycles. The lowest BCUT2D eigenvalue weighted by Gasteiger charge is -2.40. The molecule has 0 spiro atoms. The molecule has 6 nitrogen and oxygen atoms in total. The summed E-state index contributed by atoms with van der Waals surface area (Å²) in [4.78, 5) is 23.8. The molecule has 1 aliphatic rings. The van der Waals surface area contributed by atoms with Crippen molar-refractivity contribution in [1.82, 2.24) is 5.32 Å². The number of amides is 2. The Morgan fingerprint density at radius 1 is 1.10 bits per heavy atom. The van der Waals surface area contributed by atoms with Gasteiger partial charge >= 0.3 is 0 Å². The van der Waals surface area contributed by atoms with Crippen LogP contribution < -0.4 is 10.1 Å². The number of piperidine rings is 1. The van der Waals surface area contributed by atoms with E-state index in [0.717, 1.165) is 0 Å². The Balaban J connectivity index is 2.60. The maximum Gasteiger partial charge on any atom is 0.244 e. The van der Waals surface area contributed by atoms with Gasteiger partial charge in [-0.25, -0.2) is 0 Å². The van der Waals surface area contributed by atoms with Gasteiger partial charge in [-0.1, -0.05) is 19.1 Å². The van der Waals surface area contributed by atoms with Crippen LogP contribution in [0.15, 0.2) is 24.3 Å². The van der Waals surface area contributed by atoms with Crippen LogP contribution in [0.4, 0.5) is 0 Å². The summed E-state index contributed by atoms with van der Waals surface area (Å²) < 4.78 is 5.06. The minimum Gasteiger partial charge on any atom is -0.497 e. The van der Waals surface area contributed by atoms with Crippen LogP contribution in [0, 0.1) is 34.5 Å². The fraction of sp³-hybridized carbons (Fsp3) is 0.333. The Hall–Kier alpha value is -2.86. The molecule has 1 aromatic rings. The lowest BCUT2D eigenvalue weighted by molar-refractivity contribution is -0.140. The highest BCUT2D eigenvalue weighted by atomic mass is 16.5. The molecule has 0 aromatic heterocycles. The summed E-state index contributed by atoms with van der Waals surface area (Å²) in [5.74, 6) is -2.97. The van der Waals surface area contributed by atoms with E-state index in [1.54, 1.807) is 31.2 Å². The number of nitriles is 2. The molecule has 2 rings (SSSR count). The molecule has 0 saturated carbocycles. The normalized spacial score (nSPS) is 28.2. The fourth-order valence-corrected chi connectivity index (χ4v) is 2.65. The van der Waals surface area contributed by atoms with Crippen LogP contribution in [-0.2, 0) is 15.0 Å². The summed E-state index contributed by atoms with van der Waals surface area (Å²) in [5, 5.41) is 20.7. The third-order valence-electron chi connectivity index (χ3n) is 3.94. The van der Waals surface area contributed by atoms with Gasteiger partial charge in [0.1, 0.15) is 17.6 Å². The molecule has 2 amide bonds. The first-order chi connectivity index (χ1) is 9.98. The summed E-state index contributed by atoms with van der Waals surface area (Å²) >= 11 is 0. The SMILES string of the molecule is COc1ccc(C2(C)[C@H](C#N)C(=O)NC(=O)[C@@H]2C#N)cc1. The van der Waals surface area contributed by atoms with Crippen LogP contribution in [-0.4, -0.2) is 18.9 Å². The number of rotatable bonds is 2. The van der Waals surface area contributed by atoms with E-state index in [2.05, 4.69) is 5.32 Å². The first kappa shape index (κ1) is 14.5. The number of methoxy groups -OCH3 is 1. The van der Waals surface area contributed by atoms with Gasteiger partial charge in [-0.15, -0.1) is 0 Å². The van der Waals surface area contributed by atoms with E-state index in [4.69, 9.17) is 4.74 Å². The predicted molar refractivity (Wildman–Crippen MR) is 71.7 cm³/mol. The molecule has 1 fully saturated rings. The first-order valence-corrected chi connectivity index (χ1v) is 6.27. The van der Waals surface area contributed by atoms with Crippen molar-refractivity contribution in [3.05, 3.63) is 29.8 Å². The van der Waals surface area contributed by atoms with E-state index in [1.807, 2.05) is 12.1 Å². The topological polar surface area (TPSA) is 103 Å². The average molecular weight is 283 g/mol. The van der Waals surface area contributed by atoms with Crippen LogP contribution in [0.3, 0.4) is 0 Å². The van der Waals surface area contributed by atoms with Crippen LogP contribution >= 0.6 is 0 Å². The average Bonchev–Trinajstić information content (AvgIpc) is 2.47. The van der Waals surface area contributed by atoms with Gasteiger partial charge in [0.05, 0.1) is 19.2 Å². The van der Waals surface area contributed by atoms with Gasteiger partial charge in [0, 0.05) is 5.41 Å². The lowest BCUT2D eigenvalue weighted by atomic mass is 9.62. The van der Waals surface area contributed by atoms with Crippen molar-refractivity contribution in [1.29, 1.82) is 10.5 Å². The number of carbonyl (C=O) groups excluding carboxylic acids is 2. The Bertz CT molecular complexity index is 635. The molecule has 1 aliphatic heterocycles. The van der Waals surface area contributed by atoms with E-state index < -0.39 is 29.1 Å². The molecular weight excluding hydrogens is 270 g/mol. The molecular formula is C15H13N3O3. The predicted octanol–water partition coefficient (Wildman–Crippen LogP) is 0.889. The Morgan fingerprint density at radius 3 is 1.95 bits per heavy atom. The van der Waals surface area contributed by atoms with Crippen LogP contribution in [0.1, 0.15) is 12.5 Å². The van der Waals surface area contributed by atoms with Crippen molar-refractivity contribution < 1.29 is 14.3 Å². The number of carbonyl (C=O) groups is 2. The zero-order valence-electron chi connectivity index (χ0n) is 11.6. The maximum atomic E-state index is 11.9. The van der Waals surface area contributed by atoms with E-state index in [0.29, 0.717) is 11.3 Å². The maximum absolute atomic E-state index is 11.9. The first-order valence-electron chi connectivity index (χ1n) is 6.27. The molecule has 21 heavy (non-hydrogen) atoms. The van der Waals surface area contributed by atoms with Crippen LogP contribution in [0.2, 0.25) is 0 Å². The molecule has 1 heterocycles. The second-order valence-corrected chi connectivity index (χ2v) is 4.99. The van der Waals surface area contributed by atoms with Crippen molar-refractivity contribution in [3.63, 3.8) is 0 Å². The monoisotopic (exact) mass is 283 g/mol. The molecule has 0 bridgehead atoms. The molecule has 1 unspecified atom stereocenters. The van der Waals surface area contributed by atoms with E-state index >= 15 is 0 Å². The summed E-state index contributed by atoms with van der Waals surface area (Å²) in [7, 11) is 1.52. The molecule has 6 heteroatoms. The number of ether oxygens (including phenoxy) is 1. The number of nitrogens with zero attached hydrogens (tertiary/aromatic N) is 2. The van der Waals surface area contributed by atoms with Gasteiger partial charge in [-0.2, -0.15) is 10.5 Å². The zero-order chi connectivity index (χ0) is 15.6. The summed E-state index contributed by atoms with van der Waals surface area (Å²) in [5.41, 5.74) is -0.626. The summed E-state index contributed by atoms with van der Waals surface area (Å²) in [6.07, 6.45) is 0. The third kappa shape index (κ3) is 2.11. The van der Waals surface area contributed by atoms with Gasteiger partial charge < -0.3 is 4.74 Å². The molecule has 1 saturated heterocycles. The standard InChI is InChI=1S/C15H13N3O3/c1-15(9-3-5-10(21-2)6-4-9)11(7-16)13(19)18-14(20)12(15)8-17/h3-6,11-12H,1-2H3,(H,18,19,20)/t11-,12+,15?. The minimum absolute atomic E-state index is 0.574. The zero-order valence-corrected chi connectivity index (χ0v) is 11.6. The molecule has 1 aromatic carbocycles. The second-order valence-electron chi connectivity index (χ2n) is 4.99. The highest BCUT2D eigenvalue weighted by Crippen LogP contribution is 2.42. The lowest BCUT2D eigenvalue weighted by Crippen LogP contribution is -2.58. The van der Waals surface area contributed by atoms with Crippen molar-refractivity contribution in [2.45, 2.75) is 12.3 Å². The Morgan fingerprint density at radius 2 is 1.57 bits per heavy atom. The highest BCUT2D eigenvalue weighted by Gasteiger charge is 2.54. The molecule has 3 atom stereocenters. The van der Waals surface area contributed by atoms with E-state index in [-0.39, 0.29) is 0 Å².